The summed E-state index contributed by atoms with van der Waals surface area (Å²) in [4.78, 5) is 50.3. The molecule has 1 amide bonds. The monoisotopic (exact) mass is 488 g/mol. The molecule has 1 heterocycles. The quantitative estimate of drug-likeness (QED) is 0.418. The maximum atomic E-state index is 13.4. The van der Waals surface area contributed by atoms with E-state index in [0.29, 0.717) is 0 Å². The van der Waals surface area contributed by atoms with Crippen molar-refractivity contribution in [3.05, 3.63) is 66.2 Å². The number of non-ortho nitro benzene ring substituents is 1. The molecule has 0 radical (unpaired) electrons. The van der Waals surface area contributed by atoms with Crippen LogP contribution in [-0.4, -0.2) is 72.5 Å². The zero-order chi connectivity index (χ0) is 26.0. The number of hydrogen-bond acceptors (Lipinski definition) is 10. The Kier molecular flexibility index (Phi) is 7.03. The van der Waals surface area contributed by atoms with E-state index in [1.54, 1.807) is 30.8 Å². The van der Waals surface area contributed by atoms with Crippen LogP contribution in [0.1, 0.15) is 17.3 Å². The van der Waals surface area contributed by atoms with Crippen LogP contribution in [0.15, 0.2) is 30.3 Å². The lowest BCUT2D eigenvalue weighted by atomic mass is 10.1. The zero-order valence-corrected chi connectivity index (χ0v) is 19.5. The SMILES string of the molecule is COc1cc(N(C)C)c([N+](=O)[O-])cc1C(=O)N1CCN(c2ccc([N+](=O)[O-])cc2[N+](=O)[O-])C[C@@H]1C. The van der Waals surface area contributed by atoms with Gasteiger partial charge in [0.25, 0.3) is 23.0 Å². The van der Waals surface area contributed by atoms with Crippen LogP contribution in [0.4, 0.5) is 28.4 Å². The zero-order valence-electron chi connectivity index (χ0n) is 19.5. The lowest BCUT2D eigenvalue weighted by Gasteiger charge is -2.40. The van der Waals surface area contributed by atoms with Crippen LogP contribution < -0.4 is 14.5 Å². The first-order chi connectivity index (χ1) is 16.5. The topological polar surface area (TPSA) is 165 Å². The molecule has 1 aliphatic heterocycles. The van der Waals surface area contributed by atoms with E-state index < -0.39 is 38.1 Å². The van der Waals surface area contributed by atoms with Crippen LogP contribution >= 0.6 is 0 Å². The minimum atomic E-state index is -0.704. The molecule has 0 saturated carbocycles. The average molecular weight is 488 g/mol. The number of ether oxygens (including phenoxy) is 1. The molecule has 0 N–H and O–H groups in total. The Hall–Kier alpha value is -4.49. The van der Waals surface area contributed by atoms with E-state index in [2.05, 4.69) is 0 Å². The number of carbonyl (C=O) groups excluding carboxylic acids is 1. The minimum Gasteiger partial charge on any atom is -0.496 e. The number of benzene rings is 2. The predicted molar refractivity (Wildman–Crippen MR) is 126 cm³/mol. The van der Waals surface area contributed by atoms with Gasteiger partial charge in [-0.05, 0) is 13.0 Å². The molecule has 0 aliphatic carbocycles. The van der Waals surface area contributed by atoms with Crippen LogP contribution in [0.25, 0.3) is 0 Å². The van der Waals surface area contributed by atoms with E-state index in [1.165, 1.54) is 36.3 Å². The third-order valence-corrected chi connectivity index (χ3v) is 5.80. The number of nitro benzene ring substituents is 3. The fraction of sp³-hybridized carbons (Fsp3) is 0.381. The first-order valence-electron chi connectivity index (χ1n) is 10.5. The van der Waals surface area contributed by atoms with Crippen LogP contribution in [0.3, 0.4) is 0 Å². The van der Waals surface area contributed by atoms with E-state index >= 15 is 0 Å². The van der Waals surface area contributed by atoms with Gasteiger partial charge in [0.05, 0.1) is 33.5 Å². The number of nitro groups is 3. The van der Waals surface area contributed by atoms with Crippen LogP contribution in [0.2, 0.25) is 0 Å². The summed E-state index contributed by atoms with van der Waals surface area (Å²) in [5.41, 5.74) is -0.506. The fourth-order valence-corrected chi connectivity index (χ4v) is 4.07. The summed E-state index contributed by atoms with van der Waals surface area (Å²) in [6, 6.07) is 5.63. The van der Waals surface area contributed by atoms with Gasteiger partial charge in [0.1, 0.15) is 17.1 Å². The molecule has 186 valence electrons. The molecule has 2 aromatic rings. The fourth-order valence-electron chi connectivity index (χ4n) is 4.07. The highest BCUT2D eigenvalue weighted by atomic mass is 16.6. The Bertz CT molecular complexity index is 1200. The Morgan fingerprint density at radius 3 is 2.17 bits per heavy atom. The van der Waals surface area contributed by atoms with Gasteiger partial charge in [-0.2, -0.15) is 0 Å². The summed E-state index contributed by atoms with van der Waals surface area (Å²) in [5, 5.41) is 34.1. The Morgan fingerprint density at radius 1 is 1.00 bits per heavy atom. The van der Waals surface area contributed by atoms with E-state index in [4.69, 9.17) is 4.74 Å². The van der Waals surface area contributed by atoms with E-state index in [1.807, 2.05) is 0 Å². The van der Waals surface area contributed by atoms with E-state index in [-0.39, 0.29) is 48.0 Å². The first kappa shape index (κ1) is 25.1. The van der Waals surface area contributed by atoms with Gasteiger partial charge in [-0.25, -0.2) is 0 Å². The Balaban J connectivity index is 1.90. The molecule has 0 spiro atoms. The Labute approximate surface area is 199 Å². The standard InChI is InChI=1S/C21H24N6O8/c1-13-12-23(16-6-5-14(25(29)30)9-18(16)26(31)32)7-8-24(13)21(28)15-10-19(27(33)34)17(22(2)3)11-20(15)35-4/h5-6,9-11,13H,7-8,12H2,1-4H3/t13-/m0/s1. The van der Waals surface area contributed by atoms with Gasteiger partial charge in [0.15, 0.2) is 0 Å². The van der Waals surface area contributed by atoms with Gasteiger partial charge in [-0.1, -0.05) is 0 Å². The van der Waals surface area contributed by atoms with Crippen molar-refractivity contribution in [3.63, 3.8) is 0 Å². The summed E-state index contributed by atoms with van der Waals surface area (Å²) in [5.74, 6) is -0.287. The normalized spacial score (nSPS) is 15.5. The summed E-state index contributed by atoms with van der Waals surface area (Å²) in [6.45, 7) is 2.34. The van der Waals surface area contributed by atoms with Crippen molar-refractivity contribution in [1.82, 2.24) is 4.90 Å². The summed E-state index contributed by atoms with van der Waals surface area (Å²) in [6.07, 6.45) is 0. The maximum Gasteiger partial charge on any atom is 0.299 e. The summed E-state index contributed by atoms with van der Waals surface area (Å²) >= 11 is 0. The van der Waals surface area contributed by atoms with Crippen molar-refractivity contribution in [2.45, 2.75) is 13.0 Å². The van der Waals surface area contributed by atoms with Crippen LogP contribution in [0.5, 0.6) is 5.75 Å². The summed E-state index contributed by atoms with van der Waals surface area (Å²) in [7, 11) is 4.65. The highest BCUT2D eigenvalue weighted by Gasteiger charge is 2.34. The number of rotatable bonds is 7. The molecule has 1 fully saturated rings. The number of carbonyl (C=O) groups is 1. The second-order valence-electron chi connectivity index (χ2n) is 8.17. The van der Waals surface area contributed by atoms with Crippen LogP contribution in [-0.2, 0) is 0 Å². The van der Waals surface area contributed by atoms with Crippen molar-refractivity contribution in [3.8, 4) is 5.75 Å². The van der Waals surface area contributed by atoms with Gasteiger partial charge in [-0.3, -0.25) is 35.1 Å². The lowest BCUT2D eigenvalue weighted by molar-refractivity contribution is -0.393. The molecule has 35 heavy (non-hydrogen) atoms. The number of nitrogens with zero attached hydrogens (tertiary/aromatic N) is 6. The second kappa shape index (κ2) is 9.79. The minimum absolute atomic E-state index is 0.0337. The van der Waals surface area contributed by atoms with E-state index in [9.17, 15) is 35.1 Å². The van der Waals surface area contributed by atoms with Gasteiger partial charge >= 0.3 is 0 Å². The van der Waals surface area contributed by atoms with Gasteiger partial charge in [0, 0.05) is 58.0 Å². The largest absolute Gasteiger partial charge is 0.496 e. The molecular weight excluding hydrogens is 464 g/mol. The van der Waals surface area contributed by atoms with Gasteiger partial charge < -0.3 is 19.4 Å². The molecule has 1 aliphatic rings. The number of hydrogen-bond donors (Lipinski definition) is 0. The van der Waals surface area contributed by atoms with Crippen molar-refractivity contribution >= 4 is 34.3 Å². The molecule has 0 aromatic heterocycles. The summed E-state index contributed by atoms with van der Waals surface area (Å²) < 4.78 is 5.34. The smallest absolute Gasteiger partial charge is 0.299 e. The molecule has 2 aromatic carbocycles. The number of anilines is 2. The second-order valence-corrected chi connectivity index (χ2v) is 8.17. The molecule has 1 saturated heterocycles. The predicted octanol–water partition coefficient (Wildman–Crippen LogP) is 2.84. The lowest BCUT2D eigenvalue weighted by Crippen LogP contribution is -2.54. The van der Waals surface area contributed by atoms with Gasteiger partial charge in [-0.15, -0.1) is 0 Å². The van der Waals surface area contributed by atoms with Crippen molar-refractivity contribution < 1.29 is 24.3 Å². The highest BCUT2D eigenvalue weighted by molar-refractivity contribution is 5.99. The first-order valence-corrected chi connectivity index (χ1v) is 10.5. The number of amides is 1. The molecule has 14 heteroatoms. The third kappa shape index (κ3) is 4.90. The van der Waals surface area contributed by atoms with Crippen molar-refractivity contribution in [2.75, 3.05) is 50.6 Å². The van der Waals surface area contributed by atoms with E-state index in [0.717, 1.165) is 6.07 Å². The third-order valence-electron chi connectivity index (χ3n) is 5.80. The molecule has 3 rings (SSSR count). The molecular formula is C21H24N6O8. The highest BCUT2D eigenvalue weighted by Crippen LogP contribution is 2.37. The van der Waals surface area contributed by atoms with Gasteiger partial charge in [0.2, 0.25) is 0 Å². The molecule has 1 atom stereocenters. The Morgan fingerprint density at radius 2 is 1.66 bits per heavy atom. The molecule has 14 nitrogen and oxygen atoms in total. The maximum absolute atomic E-state index is 13.4. The molecule has 0 bridgehead atoms. The molecule has 0 unspecified atom stereocenters. The van der Waals surface area contributed by atoms with Crippen LogP contribution in [0, 0.1) is 30.3 Å². The average Bonchev–Trinajstić information content (AvgIpc) is 2.81. The number of methoxy groups -OCH3 is 1. The van der Waals surface area contributed by atoms with Crippen molar-refractivity contribution in [2.24, 2.45) is 0 Å². The number of piperazine rings is 1. The van der Waals surface area contributed by atoms with Crippen molar-refractivity contribution in [1.29, 1.82) is 0 Å².